The highest BCUT2D eigenvalue weighted by molar-refractivity contribution is 5.82. The Morgan fingerprint density at radius 1 is 1.33 bits per heavy atom. The Hall–Kier alpha value is -3.05. The predicted octanol–water partition coefficient (Wildman–Crippen LogP) is 2.87. The molecule has 1 aliphatic carbocycles. The van der Waals surface area contributed by atoms with E-state index in [2.05, 4.69) is 20.5 Å². The number of nitrogens with one attached hydrogen (secondary N) is 2. The monoisotopic (exact) mass is 505 g/mol. The van der Waals surface area contributed by atoms with Crippen molar-refractivity contribution in [2.24, 2.45) is 0 Å². The highest BCUT2D eigenvalue weighted by Crippen LogP contribution is 2.36. The van der Waals surface area contributed by atoms with Crippen LogP contribution in [-0.4, -0.2) is 71.7 Å². The molecule has 11 heteroatoms. The van der Waals surface area contributed by atoms with E-state index in [1.54, 1.807) is 0 Å². The largest absolute Gasteiger partial charge is 0.453 e. The first-order chi connectivity index (χ1) is 17.3. The number of benzene rings is 1. The second-order valence-corrected chi connectivity index (χ2v) is 9.31. The Morgan fingerprint density at radius 3 is 2.81 bits per heavy atom. The zero-order valence-corrected chi connectivity index (χ0v) is 20.8. The van der Waals surface area contributed by atoms with Gasteiger partial charge in [-0.05, 0) is 57.7 Å². The fraction of sp³-hybridized carbons (Fsp3) is 0.560. The van der Waals surface area contributed by atoms with Crippen molar-refractivity contribution in [1.29, 1.82) is 0 Å². The van der Waals surface area contributed by atoms with Gasteiger partial charge in [-0.3, -0.25) is 4.79 Å². The number of morpholine rings is 1. The zero-order chi connectivity index (χ0) is 25.8. The van der Waals surface area contributed by atoms with Crippen LogP contribution in [0.1, 0.15) is 50.5 Å². The van der Waals surface area contributed by atoms with Crippen LogP contribution in [0, 0.1) is 11.6 Å². The van der Waals surface area contributed by atoms with E-state index in [-0.39, 0.29) is 23.7 Å². The lowest BCUT2D eigenvalue weighted by molar-refractivity contribution is -0.152. The number of alkyl carbamates (subject to hydrolysis) is 1. The normalized spacial score (nSPS) is 20.6. The fourth-order valence-electron chi connectivity index (χ4n) is 4.51. The molecular weight excluding hydrogens is 472 g/mol. The van der Waals surface area contributed by atoms with Crippen LogP contribution in [-0.2, 0) is 20.7 Å². The van der Waals surface area contributed by atoms with Crippen molar-refractivity contribution >= 4 is 12.0 Å². The third kappa shape index (κ3) is 5.84. The predicted molar refractivity (Wildman–Crippen MR) is 128 cm³/mol. The minimum atomic E-state index is -1.00. The van der Waals surface area contributed by atoms with Crippen molar-refractivity contribution in [3.8, 4) is 5.69 Å². The zero-order valence-electron chi connectivity index (χ0n) is 20.8. The van der Waals surface area contributed by atoms with Gasteiger partial charge in [0.15, 0.2) is 11.6 Å². The van der Waals surface area contributed by atoms with Gasteiger partial charge in [-0.1, -0.05) is 6.07 Å². The summed E-state index contributed by atoms with van der Waals surface area (Å²) in [6.07, 6.45) is 1.57. The Morgan fingerprint density at radius 2 is 2.11 bits per heavy atom. The second-order valence-electron chi connectivity index (χ2n) is 9.31. The van der Waals surface area contributed by atoms with E-state index in [1.165, 1.54) is 23.9 Å². The molecule has 0 unspecified atom stereocenters. The Labute approximate surface area is 209 Å². The van der Waals surface area contributed by atoms with Crippen LogP contribution in [0.5, 0.6) is 0 Å². The molecule has 2 aliphatic rings. The molecule has 9 nitrogen and oxygen atoms in total. The van der Waals surface area contributed by atoms with Gasteiger partial charge in [0.2, 0.25) is 0 Å². The van der Waals surface area contributed by atoms with Crippen molar-refractivity contribution in [2.45, 2.75) is 63.8 Å². The van der Waals surface area contributed by atoms with Crippen molar-refractivity contribution in [1.82, 2.24) is 25.3 Å². The van der Waals surface area contributed by atoms with E-state index in [0.29, 0.717) is 43.9 Å². The van der Waals surface area contributed by atoms with Crippen molar-refractivity contribution in [3.05, 3.63) is 47.3 Å². The lowest BCUT2D eigenvalue weighted by Crippen LogP contribution is -2.53. The van der Waals surface area contributed by atoms with Gasteiger partial charge in [0.1, 0.15) is 11.8 Å². The number of ether oxygens (including phenoxy) is 2. The fourth-order valence-corrected chi connectivity index (χ4v) is 4.51. The lowest BCUT2D eigenvalue weighted by atomic mass is 10.1. The molecule has 2 N–H and O–H groups in total. The number of aromatic nitrogens is 2. The van der Waals surface area contributed by atoms with Gasteiger partial charge in [-0.25, -0.2) is 18.3 Å². The number of nitrogens with zero attached hydrogens (tertiary/aromatic N) is 3. The second kappa shape index (κ2) is 11.3. The van der Waals surface area contributed by atoms with E-state index in [9.17, 15) is 18.4 Å². The maximum absolute atomic E-state index is 14.7. The van der Waals surface area contributed by atoms with Crippen LogP contribution >= 0.6 is 0 Å². The summed E-state index contributed by atoms with van der Waals surface area (Å²) in [5, 5.41) is 10.5. The van der Waals surface area contributed by atoms with Crippen LogP contribution in [0.4, 0.5) is 13.6 Å². The van der Waals surface area contributed by atoms with Gasteiger partial charge in [0, 0.05) is 31.4 Å². The number of aryl methyl sites for hydroxylation is 1. The highest BCUT2D eigenvalue weighted by Gasteiger charge is 2.41. The molecule has 2 fully saturated rings. The number of amides is 2. The number of carbonyl (C=O) groups excluding carboxylic acids is 2. The summed E-state index contributed by atoms with van der Waals surface area (Å²) < 4.78 is 40.6. The summed E-state index contributed by atoms with van der Waals surface area (Å²) in [7, 11) is 1.28. The summed E-state index contributed by atoms with van der Waals surface area (Å²) in [6.45, 7) is 5.30. The minimum absolute atomic E-state index is 0.0117. The molecule has 1 saturated carbocycles. The molecule has 2 aromatic rings. The van der Waals surface area contributed by atoms with Crippen molar-refractivity contribution in [3.63, 3.8) is 0 Å². The molecule has 0 bridgehead atoms. The number of hydrogen-bond acceptors (Lipinski definition) is 6. The minimum Gasteiger partial charge on any atom is -0.453 e. The third-order valence-electron chi connectivity index (χ3n) is 6.50. The summed E-state index contributed by atoms with van der Waals surface area (Å²) in [5.41, 5.74) is 1.20. The van der Waals surface area contributed by atoms with Crippen LogP contribution < -0.4 is 10.6 Å². The molecule has 196 valence electrons. The quantitative estimate of drug-likeness (QED) is 0.509. The van der Waals surface area contributed by atoms with Crippen LogP contribution in [0.15, 0.2) is 24.3 Å². The SMILES string of the molecule is COC(=O)NCCCc1cc([C@@H](C)N(C(=O)[C@H]2CNC[C@@H](C)O2)C2CC2)nn1-c1cccc(F)c1F. The van der Waals surface area contributed by atoms with Crippen LogP contribution in [0.2, 0.25) is 0 Å². The first-order valence-electron chi connectivity index (χ1n) is 12.3. The maximum atomic E-state index is 14.7. The number of hydrogen-bond donors (Lipinski definition) is 2. The summed E-state index contributed by atoms with van der Waals surface area (Å²) in [6, 6.07) is 5.46. The summed E-state index contributed by atoms with van der Waals surface area (Å²) in [5.74, 6) is -2.07. The summed E-state index contributed by atoms with van der Waals surface area (Å²) in [4.78, 5) is 26.6. The summed E-state index contributed by atoms with van der Waals surface area (Å²) >= 11 is 0. The molecule has 3 atom stereocenters. The van der Waals surface area contributed by atoms with Crippen LogP contribution in [0.3, 0.4) is 0 Å². The Kier molecular flexibility index (Phi) is 8.20. The molecule has 36 heavy (non-hydrogen) atoms. The van der Waals surface area contributed by atoms with E-state index in [0.717, 1.165) is 18.9 Å². The van der Waals surface area contributed by atoms with Gasteiger partial charge >= 0.3 is 6.09 Å². The number of rotatable bonds is 9. The topological polar surface area (TPSA) is 97.7 Å². The molecule has 2 heterocycles. The average molecular weight is 506 g/mol. The molecule has 1 aromatic heterocycles. The molecule has 1 saturated heterocycles. The Balaban J connectivity index is 1.60. The van der Waals surface area contributed by atoms with Crippen molar-refractivity contribution < 1.29 is 27.8 Å². The first-order valence-corrected chi connectivity index (χ1v) is 12.3. The smallest absolute Gasteiger partial charge is 0.406 e. The maximum Gasteiger partial charge on any atom is 0.406 e. The van der Waals surface area contributed by atoms with Gasteiger partial charge < -0.3 is 25.0 Å². The van der Waals surface area contributed by atoms with E-state index in [1.807, 2.05) is 24.8 Å². The van der Waals surface area contributed by atoms with Gasteiger partial charge in [-0.15, -0.1) is 0 Å². The van der Waals surface area contributed by atoms with Gasteiger partial charge in [-0.2, -0.15) is 5.10 Å². The molecule has 1 aromatic carbocycles. The molecule has 2 amide bonds. The highest BCUT2D eigenvalue weighted by atomic mass is 19.2. The lowest BCUT2D eigenvalue weighted by Gasteiger charge is -2.35. The third-order valence-corrected chi connectivity index (χ3v) is 6.50. The molecule has 4 rings (SSSR count). The standard InChI is InChI=1S/C25H33F2N5O4/c1-15-13-28-14-22(36-15)24(33)31(17-9-10-17)16(2)20-12-18(6-5-11-29-25(34)35-3)32(30-20)21-8-4-7-19(26)23(21)27/h4,7-8,12,15-17,22,28H,5-6,9-11,13-14H2,1-3H3,(H,29,34)/t15-,16-,22-/m1/s1. The van der Waals surface area contributed by atoms with E-state index in [4.69, 9.17) is 4.74 Å². The van der Waals surface area contributed by atoms with Gasteiger partial charge in [0.25, 0.3) is 5.91 Å². The number of carbonyl (C=O) groups is 2. The number of methoxy groups -OCH3 is 1. The molecule has 0 radical (unpaired) electrons. The molecular formula is C25H33F2N5O4. The average Bonchev–Trinajstić information content (AvgIpc) is 3.61. The van der Waals surface area contributed by atoms with E-state index >= 15 is 0 Å². The Bertz CT molecular complexity index is 1090. The number of halogens is 2. The van der Waals surface area contributed by atoms with Crippen LogP contribution in [0.25, 0.3) is 5.69 Å². The van der Waals surface area contributed by atoms with Crippen molar-refractivity contribution in [2.75, 3.05) is 26.7 Å². The van der Waals surface area contributed by atoms with Gasteiger partial charge in [0.05, 0.1) is 24.9 Å². The van der Waals surface area contributed by atoms with E-state index < -0.39 is 29.9 Å². The molecule has 0 spiro atoms. The molecule has 1 aliphatic heterocycles. The first kappa shape index (κ1) is 26.0.